The summed E-state index contributed by atoms with van der Waals surface area (Å²) in [6.45, 7) is 0. The lowest BCUT2D eigenvalue weighted by molar-refractivity contribution is 0.124. The molecule has 4 rings (SSSR count). The first-order valence-corrected chi connectivity index (χ1v) is 11.0. The summed E-state index contributed by atoms with van der Waals surface area (Å²) in [6.07, 6.45) is -0.817. The van der Waals surface area contributed by atoms with Gasteiger partial charge in [0.05, 0.1) is 32.4 Å². The van der Waals surface area contributed by atoms with Crippen LogP contribution in [-0.2, 0) is 0 Å². The van der Waals surface area contributed by atoms with Gasteiger partial charge in [-0.3, -0.25) is 5.32 Å². The van der Waals surface area contributed by atoms with E-state index in [9.17, 15) is 5.11 Å². The molecule has 4 heteroatoms. The lowest BCUT2D eigenvalue weighted by Gasteiger charge is -2.31. The third-order valence-corrected chi connectivity index (χ3v) is 5.84. The summed E-state index contributed by atoms with van der Waals surface area (Å²) in [4.78, 5) is 0. The van der Waals surface area contributed by atoms with Gasteiger partial charge >= 0.3 is 0 Å². The lowest BCUT2D eigenvalue weighted by atomic mass is 9.91. The van der Waals surface area contributed by atoms with Crippen molar-refractivity contribution in [2.45, 2.75) is 18.2 Å². The summed E-state index contributed by atoms with van der Waals surface area (Å²) in [5.41, 5.74) is 4.00. The quantitative estimate of drug-likeness (QED) is 0.343. The molecule has 0 heterocycles. The molecule has 168 valence electrons. The fraction of sp³-hybridized carbons (Fsp3) is 0.172. The maximum absolute atomic E-state index is 11.6. The van der Waals surface area contributed by atoms with E-state index in [4.69, 9.17) is 9.47 Å². The monoisotopic (exact) mass is 439 g/mol. The van der Waals surface area contributed by atoms with Crippen molar-refractivity contribution in [3.05, 3.63) is 131 Å². The standard InChI is InChI=1S/C29H29NO3/c1-32-25-19-18-24(20-26(25)33-2)29(31)28(23-16-10-5-11-17-23)30-27(21-12-6-3-7-13-21)22-14-8-4-9-15-22/h3-20,27-31H,1-2H3. The Balaban J connectivity index is 1.76. The van der Waals surface area contributed by atoms with Crippen molar-refractivity contribution in [2.24, 2.45) is 0 Å². The minimum absolute atomic E-state index is 0.104. The van der Waals surface area contributed by atoms with Crippen molar-refractivity contribution in [3.63, 3.8) is 0 Å². The highest BCUT2D eigenvalue weighted by atomic mass is 16.5. The van der Waals surface area contributed by atoms with Crippen LogP contribution in [0.1, 0.15) is 40.4 Å². The third kappa shape index (κ3) is 5.25. The highest BCUT2D eigenvalue weighted by Gasteiger charge is 2.27. The van der Waals surface area contributed by atoms with Crippen molar-refractivity contribution in [1.82, 2.24) is 5.32 Å². The van der Waals surface area contributed by atoms with E-state index < -0.39 is 6.10 Å². The smallest absolute Gasteiger partial charge is 0.161 e. The molecule has 0 aliphatic carbocycles. The highest BCUT2D eigenvalue weighted by Crippen LogP contribution is 2.37. The Morgan fingerprint density at radius 3 is 1.55 bits per heavy atom. The number of nitrogens with one attached hydrogen (secondary N) is 1. The van der Waals surface area contributed by atoms with Crippen LogP contribution in [0.25, 0.3) is 0 Å². The summed E-state index contributed by atoms with van der Waals surface area (Å²) in [7, 11) is 3.20. The Labute approximate surface area is 195 Å². The Bertz CT molecular complexity index is 1090. The second kappa shape index (κ2) is 10.8. The highest BCUT2D eigenvalue weighted by molar-refractivity contribution is 5.44. The predicted molar refractivity (Wildman–Crippen MR) is 132 cm³/mol. The van der Waals surface area contributed by atoms with Crippen molar-refractivity contribution < 1.29 is 14.6 Å². The van der Waals surface area contributed by atoms with Crippen LogP contribution in [0.3, 0.4) is 0 Å². The van der Waals surface area contributed by atoms with Gasteiger partial charge in [0.1, 0.15) is 0 Å². The van der Waals surface area contributed by atoms with Crippen LogP contribution in [0.4, 0.5) is 0 Å². The van der Waals surface area contributed by atoms with Gasteiger partial charge in [0, 0.05) is 0 Å². The van der Waals surface area contributed by atoms with Crippen LogP contribution in [0.2, 0.25) is 0 Å². The van der Waals surface area contributed by atoms with Gasteiger partial charge in [0.15, 0.2) is 11.5 Å². The van der Waals surface area contributed by atoms with Crippen molar-refractivity contribution in [3.8, 4) is 11.5 Å². The first kappa shape index (κ1) is 22.6. The molecule has 2 atom stereocenters. The molecule has 0 aliphatic rings. The molecule has 0 amide bonds. The molecular weight excluding hydrogens is 410 g/mol. The molecule has 0 saturated heterocycles. The molecule has 0 radical (unpaired) electrons. The van der Waals surface area contributed by atoms with Gasteiger partial charge in [-0.15, -0.1) is 0 Å². The number of rotatable bonds is 9. The fourth-order valence-corrected chi connectivity index (χ4v) is 4.11. The molecule has 2 unspecified atom stereocenters. The SMILES string of the molecule is COc1ccc(C(O)C(NC(c2ccccc2)c2ccccc2)c2ccccc2)cc1OC. The molecular formula is C29H29NO3. The van der Waals surface area contributed by atoms with Gasteiger partial charge in [-0.05, 0) is 34.4 Å². The van der Waals surface area contributed by atoms with Crippen molar-refractivity contribution in [1.29, 1.82) is 0 Å². The number of hydrogen-bond acceptors (Lipinski definition) is 4. The Morgan fingerprint density at radius 1 is 0.576 bits per heavy atom. The molecule has 4 aromatic rings. The fourth-order valence-electron chi connectivity index (χ4n) is 4.11. The van der Waals surface area contributed by atoms with E-state index in [0.717, 1.165) is 22.3 Å². The third-order valence-electron chi connectivity index (χ3n) is 5.84. The van der Waals surface area contributed by atoms with E-state index in [1.807, 2.05) is 84.9 Å². The van der Waals surface area contributed by atoms with Gasteiger partial charge in [-0.1, -0.05) is 97.1 Å². The largest absolute Gasteiger partial charge is 0.493 e. The molecule has 4 aromatic carbocycles. The van der Waals surface area contributed by atoms with E-state index in [2.05, 4.69) is 29.6 Å². The Morgan fingerprint density at radius 2 is 1.06 bits per heavy atom. The van der Waals surface area contributed by atoms with E-state index in [-0.39, 0.29) is 12.1 Å². The number of aliphatic hydroxyl groups is 1. The normalized spacial score (nSPS) is 12.8. The van der Waals surface area contributed by atoms with Crippen LogP contribution >= 0.6 is 0 Å². The van der Waals surface area contributed by atoms with Crippen LogP contribution < -0.4 is 14.8 Å². The lowest BCUT2D eigenvalue weighted by Crippen LogP contribution is -2.31. The summed E-state index contributed by atoms with van der Waals surface area (Å²) in [5.74, 6) is 1.22. The van der Waals surface area contributed by atoms with E-state index >= 15 is 0 Å². The summed E-state index contributed by atoms with van der Waals surface area (Å²) < 4.78 is 10.8. The van der Waals surface area contributed by atoms with Gasteiger partial charge < -0.3 is 14.6 Å². The zero-order valence-electron chi connectivity index (χ0n) is 18.9. The summed E-state index contributed by atoms with van der Waals surface area (Å²) in [5, 5.41) is 15.3. The molecule has 4 nitrogen and oxygen atoms in total. The number of ether oxygens (including phenoxy) is 2. The molecule has 0 saturated carbocycles. The predicted octanol–water partition coefficient (Wildman–Crippen LogP) is 5.86. The van der Waals surface area contributed by atoms with Gasteiger partial charge in [-0.25, -0.2) is 0 Å². The second-order valence-corrected chi connectivity index (χ2v) is 7.87. The first-order chi connectivity index (χ1) is 16.2. The van der Waals surface area contributed by atoms with E-state index in [1.54, 1.807) is 14.2 Å². The van der Waals surface area contributed by atoms with Crippen molar-refractivity contribution >= 4 is 0 Å². The zero-order chi connectivity index (χ0) is 23.0. The molecule has 2 N–H and O–H groups in total. The first-order valence-electron chi connectivity index (χ1n) is 11.0. The Hall–Kier alpha value is -3.60. The van der Waals surface area contributed by atoms with E-state index in [0.29, 0.717) is 11.5 Å². The van der Waals surface area contributed by atoms with Crippen LogP contribution in [-0.4, -0.2) is 19.3 Å². The van der Waals surface area contributed by atoms with Crippen LogP contribution in [0.15, 0.2) is 109 Å². The maximum atomic E-state index is 11.6. The average molecular weight is 440 g/mol. The maximum Gasteiger partial charge on any atom is 0.161 e. The average Bonchev–Trinajstić information content (AvgIpc) is 2.90. The number of aliphatic hydroxyl groups excluding tert-OH is 1. The summed E-state index contributed by atoms with van der Waals surface area (Å²) in [6, 6.07) is 35.7. The zero-order valence-corrected chi connectivity index (χ0v) is 18.9. The van der Waals surface area contributed by atoms with E-state index in [1.165, 1.54) is 0 Å². The Kier molecular flexibility index (Phi) is 7.40. The topological polar surface area (TPSA) is 50.7 Å². The molecule has 0 bridgehead atoms. The van der Waals surface area contributed by atoms with Gasteiger partial charge in [0.25, 0.3) is 0 Å². The number of hydrogen-bond donors (Lipinski definition) is 2. The molecule has 0 spiro atoms. The summed E-state index contributed by atoms with van der Waals surface area (Å²) >= 11 is 0. The molecule has 0 aliphatic heterocycles. The van der Waals surface area contributed by atoms with Gasteiger partial charge in [0.2, 0.25) is 0 Å². The number of benzene rings is 4. The van der Waals surface area contributed by atoms with Crippen LogP contribution in [0.5, 0.6) is 11.5 Å². The molecule has 33 heavy (non-hydrogen) atoms. The number of methoxy groups -OCH3 is 2. The van der Waals surface area contributed by atoms with Crippen LogP contribution in [0, 0.1) is 0 Å². The van der Waals surface area contributed by atoms with Gasteiger partial charge in [-0.2, -0.15) is 0 Å². The minimum Gasteiger partial charge on any atom is -0.493 e. The minimum atomic E-state index is -0.817. The molecule has 0 aromatic heterocycles. The second-order valence-electron chi connectivity index (χ2n) is 7.87. The molecule has 0 fully saturated rings. The van der Waals surface area contributed by atoms with Crippen molar-refractivity contribution in [2.75, 3.05) is 14.2 Å².